The molecule has 1 fully saturated rings. The summed E-state index contributed by atoms with van der Waals surface area (Å²) in [6, 6.07) is 19.1. The summed E-state index contributed by atoms with van der Waals surface area (Å²) in [4.78, 5) is 37.5. The number of aryl methyl sites for hydroxylation is 1. The monoisotopic (exact) mass is 552 g/mol. The molecule has 196 valence electrons. The molecule has 1 saturated heterocycles. The molecule has 38 heavy (non-hydrogen) atoms. The van der Waals surface area contributed by atoms with E-state index in [4.69, 9.17) is 8.92 Å². The molecule has 0 aliphatic carbocycles. The van der Waals surface area contributed by atoms with Gasteiger partial charge in [0.15, 0.2) is 0 Å². The predicted octanol–water partition coefficient (Wildman–Crippen LogP) is 4.84. The highest BCUT2D eigenvalue weighted by molar-refractivity contribution is 8.18. The molecule has 0 unspecified atom stereocenters. The number of nitrogens with one attached hydrogen (secondary N) is 1. The van der Waals surface area contributed by atoms with Gasteiger partial charge in [0.2, 0.25) is 5.91 Å². The van der Waals surface area contributed by atoms with Gasteiger partial charge in [-0.2, -0.15) is 8.42 Å². The van der Waals surface area contributed by atoms with Crippen LogP contribution in [0.4, 0.5) is 10.5 Å². The Balaban J connectivity index is 1.36. The van der Waals surface area contributed by atoms with Crippen molar-refractivity contribution >= 4 is 50.7 Å². The molecule has 0 bridgehead atoms. The van der Waals surface area contributed by atoms with E-state index in [1.807, 2.05) is 31.2 Å². The number of nitrogens with zero attached hydrogens (tertiary/aromatic N) is 1. The van der Waals surface area contributed by atoms with Crippen LogP contribution < -0.4 is 14.2 Å². The Morgan fingerprint density at radius 1 is 1.00 bits per heavy atom. The fraction of sp³-hybridized carbons (Fsp3) is 0.148. The van der Waals surface area contributed by atoms with E-state index in [1.54, 1.807) is 18.2 Å². The lowest BCUT2D eigenvalue weighted by atomic mass is 10.2. The minimum atomic E-state index is -4.10. The lowest BCUT2D eigenvalue weighted by Gasteiger charge is -2.13. The topological polar surface area (TPSA) is 119 Å². The number of anilines is 1. The summed E-state index contributed by atoms with van der Waals surface area (Å²) < 4.78 is 36.0. The zero-order valence-corrected chi connectivity index (χ0v) is 22.2. The average molecular weight is 553 g/mol. The van der Waals surface area contributed by atoms with Crippen molar-refractivity contribution in [3.05, 3.63) is 88.8 Å². The number of thioether (sulfide) groups is 1. The second-order valence-electron chi connectivity index (χ2n) is 8.31. The van der Waals surface area contributed by atoms with Crippen LogP contribution in [0.25, 0.3) is 6.08 Å². The standard InChI is InChI=1S/C27H24N2O7S2/c1-18-4-3-5-23(16-18)35-15-14-29-26(31)25(37-27(29)32)17-20-6-10-22(11-7-20)36-38(33,34)24-12-8-21(9-13-24)28-19(2)30/h3-13,16-17H,14-15H2,1-2H3,(H,28,30)/b25-17-. The summed E-state index contributed by atoms with van der Waals surface area (Å²) in [5, 5.41) is 2.18. The van der Waals surface area contributed by atoms with Crippen LogP contribution >= 0.6 is 11.8 Å². The van der Waals surface area contributed by atoms with E-state index in [0.717, 1.165) is 22.2 Å². The van der Waals surface area contributed by atoms with Crippen LogP contribution in [0, 0.1) is 6.92 Å². The molecule has 3 aromatic rings. The van der Waals surface area contributed by atoms with Crippen molar-refractivity contribution in [2.45, 2.75) is 18.7 Å². The molecule has 1 heterocycles. The Labute approximate surface area is 224 Å². The Morgan fingerprint density at radius 2 is 1.71 bits per heavy atom. The Hall–Kier alpha value is -4.09. The summed E-state index contributed by atoms with van der Waals surface area (Å²) in [5.74, 6) is 0.0561. The number of ether oxygens (including phenoxy) is 1. The minimum absolute atomic E-state index is 0.0734. The minimum Gasteiger partial charge on any atom is -0.492 e. The molecule has 4 rings (SSSR count). The zero-order chi connectivity index (χ0) is 27.3. The molecule has 3 amide bonds. The van der Waals surface area contributed by atoms with E-state index < -0.39 is 16.0 Å². The van der Waals surface area contributed by atoms with Crippen LogP contribution in [0.15, 0.2) is 82.6 Å². The molecular formula is C27H24N2O7S2. The largest absolute Gasteiger partial charge is 0.492 e. The molecule has 9 nitrogen and oxygen atoms in total. The number of amides is 3. The first-order valence-electron chi connectivity index (χ1n) is 11.5. The lowest BCUT2D eigenvalue weighted by Crippen LogP contribution is -2.32. The second-order valence-corrected chi connectivity index (χ2v) is 10.8. The van der Waals surface area contributed by atoms with Crippen LogP contribution in [0.1, 0.15) is 18.1 Å². The molecule has 3 aromatic carbocycles. The molecule has 0 aromatic heterocycles. The zero-order valence-electron chi connectivity index (χ0n) is 20.5. The van der Waals surface area contributed by atoms with Crippen LogP contribution in [0.3, 0.4) is 0 Å². The quantitative estimate of drug-likeness (QED) is 0.296. The van der Waals surface area contributed by atoms with Crippen LogP contribution in [-0.4, -0.2) is 43.5 Å². The smallest absolute Gasteiger partial charge is 0.339 e. The maximum Gasteiger partial charge on any atom is 0.339 e. The van der Waals surface area contributed by atoms with Crippen LogP contribution in [0.2, 0.25) is 0 Å². The first kappa shape index (κ1) is 27.0. The van der Waals surface area contributed by atoms with Gasteiger partial charge in [-0.15, -0.1) is 0 Å². The first-order valence-corrected chi connectivity index (χ1v) is 13.7. The van der Waals surface area contributed by atoms with Crippen molar-refractivity contribution in [1.82, 2.24) is 4.90 Å². The highest BCUT2D eigenvalue weighted by atomic mass is 32.2. The molecule has 0 atom stereocenters. The summed E-state index contributed by atoms with van der Waals surface area (Å²) >= 11 is 0.831. The van der Waals surface area contributed by atoms with Gasteiger partial charge in [0.25, 0.3) is 11.1 Å². The van der Waals surface area contributed by atoms with Crippen molar-refractivity contribution in [3.63, 3.8) is 0 Å². The molecule has 0 radical (unpaired) electrons. The van der Waals surface area contributed by atoms with Gasteiger partial charge in [0, 0.05) is 12.6 Å². The fourth-order valence-corrected chi connectivity index (χ4v) is 5.30. The highest BCUT2D eigenvalue weighted by Gasteiger charge is 2.34. The number of hydrogen-bond acceptors (Lipinski definition) is 8. The van der Waals surface area contributed by atoms with Crippen molar-refractivity contribution in [2.75, 3.05) is 18.5 Å². The molecule has 0 saturated carbocycles. The van der Waals surface area contributed by atoms with Gasteiger partial charge in [-0.1, -0.05) is 24.3 Å². The number of hydrogen-bond donors (Lipinski definition) is 1. The van der Waals surface area contributed by atoms with Gasteiger partial charge in [-0.3, -0.25) is 19.3 Å². The molecule has 1 N–H and O–H groups in total. The second kappa shape index (κ2) is 11.5. The lowest BCUT2D eigenvalue weighted by molar-refractivity contribution is -0.123. The Kier molecular flexibility index (Phi) is 8.18. The van der Waals surface area contributed by atoms with Crippen molar-refractivity contribution in [1.29, 1.82) is 0 Å². The van der Waals surface area contributed by atoms with E-state index in [-0.39, 0.29) is 39.8 Å². The van der Waals surface area contributed by atoms with E-state index in [0.29, 0.717) is 17.0 Å². The van der Waals surface area contributed by atoms with E-state index in [9.17, 15) is 22.8 Å². The maximum atomic E-state index is 12.7. The van der Waals surface area contributed by atoms with Crippen LogP contribution in [-0.2, 0) is 19.7 Å². The molecule has 0 spiro atoms. The summed E-state index contributed by atoms with van der Waals surface area (Å²) in [6.07, 6.45) is 1.56. The summed E-state index contributed by atoms with van der Waals surface area (Å²) in [7, 11) is -4.10. The maximum absolute atomic E-state index is 12.7. The van der Waals surface area contributed by atoms with Crippen molar-refractivity contribution < 1.29 is 31.7 Å². The van der Waals surface area contributed by atoms with E-state index >= 15 is 0 Å². The third-order valence-electron chi connectivity index (χ3n) is 5.29. The predicted molar refractivity (Wildman–Crippen MR) is 144 cm³/mol. The summed E-state index contributed by atoms with van der Waals surface area (Å²) in [6.45, 7) is 3.59. The number of carbonyl (C=O) groups is 3. The molecule has 11 heteroatoms. The van der Waals surface area contributed by atoms with E-state index in [2.05, 4.69) is 5.32 Å². The van der Waals surface area contributed by atoms with Gasteiger partial charge < -0.3 is 14.2 Å². The fourth-order valence-electron chi connectivity index (χ4n) is 3.51. The normalized spacial score (nSPS) is 14.6. The Bertz CT molecular complexity index is 1500. The number of rotatable bonds is 9. The highest BCUT2D eigenvalue weighted by Crippen LogP contribution is 2.32. The first-order chi connectivity index (χ1) is 18.1. The van der Waals surface area contributed by atoms with Gasteiger partial charge in [0.1, 0.15) is 23.0 Å². The van der Waals surface area contributed by atoms with Crippen molar-refractivity contribution in [2.24, 2.45) is 0 Å². The molecule has 1 aliphatic rings. The third kappa shape index (κ3) is 6.81. The third-order valence-corrected chi connectivity index (χ3v) is 7.46. The molecular weight excluding hydrogens is 528 g/mol. The number of carbonyl (C=O) groups excluding carboxylic acids is 3. The number of imide groups is 1. The SMILES string of the molecule is CC(=O)Nc1ccc(S(=O)(=O)Oc2ccc(/C=C3\SC(=O)N(CCOc4cccc(C)c4)C3=O)cc2)cc1. The summed E-state index contributed by atoms with van der Waals surface area (Å²) in [5.41, 5.74) is 2.10. The Morgan fingerprint density at radius 3 is 2.37 bits per heavy atom. The average Bonchev–Trinajstić information content (AvgIpc) is 3.12. The van der Waals surface area contributed by atoms with Crippen molar-refractivity contribution in [3.8, 4) is 11.5 Å². The molecule has 1 aliphatic heterocycles. The van der Waals surface area contributed by atoms with Gasteiger partial charge in [0.05, 0.1) is 11.4 Å². The number of benzene rings is 3. The van der Waals surface area contributed by atoms with Gasteiger partial charge in [-0.05, 0) is 84.4 Å². The van der Waals surface area contributed by atoms with Gasteiger partial charge in [-0.25, -0.2) is 0 Å². The van der Waals surface area contributed by atoms with E-state index in [1.165, 1.54) is 43.3 Å². The van der Waals surface area contributed by atoms with Gasteiger partial charge >= 0.3 is 10.1 Å². The van der Waals surface area contributed by atoms with Crippen LogP contribution in [0.5, 0.6) is 11.5 Å².